The number of ether oxygens (including phenoxy) is 3. The summed E-state index contributed by atoms with van der Waals surface area (Å²) in [5.74, 6) is 0.553. The number of hydrogen-bond donors (Lipinski definition) is 0. The number of benzene rings is 2. The first-order valence-corrected chi connectivity index (χ1v) is 10.3. The van der Waals surface area contributed by atoms with Crippen molar-refractivity contribution in [3.8, 4) is 17.2 Å². The van der Waals surface area contributed by atoms with Crippen LogP contribution in [0.3, 0.4) is 0 Å². The quantitative estimate of drug-likeness (QED) is 0.236. The number of Topliss-reactive ketones (excluding diaryl/α,β-unsaturated/α-hetero) is 1. The predicted molar refractivity (Wildman–Crippen MR) is 116 cm³/mol. The summed E-state index contributed by atoms with van der Waals surface area (Å²) in [5.41, 5.74) is 1.97. The van der Waals surface area contributed by atoms with Crippen molar-refractivity contribution in [2.24, 2.45) is 0 Å². The summed E-state index contributed by atoms with van der Waals surface area (Å²) in [6.45, 7) is 1.97. The van der Waals surface area contributed by atoms with Crippen LogP contribution in [0.5, 0.6) is 17.2 Å². The molecule has 5 rings (SSSR count). The number of carbonyl (C=O) groups excluding carboxylic acids is 2. The molecule has 0 bridgehead atoms. The summed E-state index contributed by atoms with van der Waals surface area (Å²) in [4.78, 5) is 26.2. The molecule has 2 aromatic heterocycles. The van der Waals surface area contributed by atoms with E-state index < -0.39 is 5.97 Å². The number of aryl methyl sites for hydroxylation is 1. The Hall–Kier alpha value is -3.84. The molecule has 0 saturated carbocycles. The summed E-state index contributed by atoms with van der Waals surface area (Å²) in [7, 11) is 1.53. The van der Waals surface area contributed by atoms with Gasteiger partial charge in [0.15, 0.2) is 17.1 Å². The standard InChI is InChI=1S/C24H16O6S/c1-13-8-9-31-21(13)12-19-22(25)16-7-6-15(11-18(16)29-19)28-24(26)20-10-14-4-3-5-17(27-2)23(14)30-20/h3-12H,1-2H3/b19-12-. The van der Waals surface area contributed by atoms with E-state index in [-0.39, 0.29) is 23.1 Å². The number of allylic oxidation sites excluding steroid dienone is 1. The third kappa shape index (κ3) is 3.39. The van der Waals surface area contributed by atoms with E-state index in [0.717, 1.165) is 15.8 Å². The fourth-order valence-electron chi connectivity index (χ4n) is 3.34. The molecule has 6 nitrogen and oxygen atoms in total. The lowest BCUT2D eigenvalue weighted by molar-refractivity contribution is 0.0703. The molecule has 154 valence electrons. The first-order valence-electron chi connectivity index (χ1n) is 9.44. The number of thiophene rings is 1. The highest BCUT2D eigenvalue weighted by Crippen LogP contribution is 2.36. The van der Waals surface area contributed by atoms with Crippen LogP contribution in [0, 0.1) is 6.92 Å². The van der Waals surface area contributed by atoms with Gasteiger partial charge in [-0.1, -0.05) is 12.1 Å². The maximum atomic E-state index is 12.6. The highest BCUT2D eigenvalue weighted by molar-refractivity contribution is 7.11. The Morgan fingerprint density at radius 3 is 2.77 bits per heavy atom. The smallest absolute Gasteiger partial charge is 0.379 e. The number of methoxy groups -OCH3 is 1. The first kappa shape index (κ1) is 19.1. The van der Waals surface area contributed by atoms with E-state index in [2.05, 4.69) is 0 Å². The van der Waals surface area contributed by atoms with Crippen LogP contribution < -0.4 is 14.2 Å². The minimum Gasteiger partial charge on any atom is -0.493 e. The number of esters is 1. The minimum absolute atomic E-state index is 0.0470. The lowest BCUT2D eigenvalue weighted by Gasteiger charge is -2.04. The fraction of sp³-hybridized carbons (Fsp3) is 0.0833. The van der Waals surface area contributed by atoms with Crippen molar-refractivity contribution in [1.29, 1.82) is 0 Å². The van der Waals surface area contributed by atoms with E-state index in [1.807, 2.05) is 30.5 Å². The number of furan rings is 1. The van der Waals surface area contributed by atoms with Crippen molar-refractivity contribution >= 4 is 40.1 Å². The van der Waals surface area contributed by atoms with Crippen LogP contribution in [-0.2, 0) is 0 Å². The van der Waals surface area contributed by atoms with E-state index in [4.69, 9.17) is 18.6 Å². The Morgan fingerprint density at radius 2 is 2.00 bits per heavy atom. The molecule has 0 fully saturated rings. The second-order valence-electron chi connectivity index (χ2n) is 6.94. The molecule has 2 aromatic carbocycles. The van der Waals surface area contributed by atoms with Crippen molar-refractivity contribution in [3.05, 3.63) is 81.4 Å². The summed E-state index contributed by atoms with van der Waals surface area (Å²) < 4.78 is 22.1. The van der Waals surface area contributed by atoms with Crippen molar-refractivity contribution in [1.82, 2.24) is 0 Å². The van der Waals surface area contributed by atoms with E-state index in [0.29, 0.717) is 22.6 Å². The molecule has 0 saturated heterocycles. The van der Waals surface area contributed by atoms with Gasteiger partial charge in [0.05, 0.1) is 12.7 Å². The zero-order valence-corrected chi connectivity index (χ0v) is 17.4. The van der Waals surface area contributed by atoms with Gasteiger partial charge in [-0.15, -0.1) is 11.3 Å². The van der Waals surface area contributed by atoms with Crippen LogP contribution in [0.2, 0.25) is 0 Å². The normalized spacial score (nSPS) is 14.0. The lowest BCUT2D eigenvalue weighted by atomic mass is 10.1. The number of carbonyl (C=O) groups is 2. The second-order valence-corrected chi connectivity index (χ2v) is 7.89. The molecule has 4 aromatic rings. The maximum Gasteiger partial charge on any atom is 0.379 e. The molecule has 0 aliphatic carbocycles. The van der Waals surface area contributed by atoms with Gasteiger partial charge < -0.3 is 18.6 Å². The predicted octanol–water partition coefficient (Wildman–Crippen LogP) is 5.65. The fourth-order valence-corrected chi connectivity index (χ4v) is 4.18. The van der Waals surface area contributed by atoms with Gasteiger partial charge >= 0.3 is 5.97 Å². The maximum absolute atomic E-state index is 12.6. The summed E-state index contributed by atoms with van der Waals surface area (Å²) in [5, 5.41) is 2.69. The SMILES string of the molecule is COc1cccc2cc(C(=O)Oc3ccc4c(c3)O/C(=C\c3sccc3C)C4=O)oc12. The monoisotopic (exact) mass is 432 g/mol. The van der Waals surface area contributed by atoms with Gasteiger partial charge in [0, 0.05) is 22.4 Å². The summed E-state index contributed by atoms with van der Waals surface area (Å²) in [6, 6.07) is 13.6. The molecular formula is C24H16O6S. The van der Waals surface area contributed by atoms with Gasteiger partial charge in [-0.05, 0) is 48.2 Å². The van der Waals surface area contributed by atoms with Gasteiger partial charge in [0.25, 0.3) is 0 Å². The van der Waals surface area contributed by atoms with Crippen LogP contribution in [0.25, 0.3) is 17.0 Å². The van der Waals surface area contributed by atoms with Gasteiger partial charge in [0.2, 0.25) is 11.5 Å². The molecule has 1 aliphatic rings. The number of rotatable bonds is 4. The van der Waals surface area contributed by atoms with E-state index in [9.17, 15) is 9.59 Å². The Morgan fingerprint density at radius 1 is 1.13 bits per heavy atom. The Bertz CT molecular complexity index is 1370. The molecule has 3 heterocycles. The largest absolute Gasteiger partial charge is 0.493 e. The van der Waals surface area contributed by atoms with Crippen LogP contribution in [0.15, 0.2) is 64.1 Å². The van der Waals surface area contributed by atoms with E-state index in [1.54, 1.807) is 30.3 Å². The first-order chi connectivity index (χ1) is 15.0. The second kappa shape index (κ2) is 7.45. The lowest BCUT2D eigenvalue weighted by Crippen LogP contribution is -2.07. The highest BCUT2D eigenvalue weighted by atomic mass is 32.1. The Labute approximate surface area is 181 Å². The topological polar surface area (TPSA) is 75.0 Å². The van der Waals surface area contributed by atoms with Crippen molar-refractivity contribution in [2.75, 3.05) is 7.11 Å². The van der Waals surface area contributed by atoms with Crippen LogP contribution >= 0.6 is 11.3 Å². The van der Waals surface area contributed by atoms with Crippen LogP contribution in [0.1, 0.15) is 31.4 Å². The third-order valence-electron chi connectivity index (χ3n) is 4.94. The van der Waals surface area contributed by atoms with Gasteiger partial charge in [0.1, 0.15) is 11.5 Å². The average molecular weight is 432 g/mol. The number of para-hydroxylation sites is 1. The summed E-state index contributed by atoms with van der Waals surface area (Å²) >= 11 is 1.53. The van der Waals surface area contributed by atoms with Gasteiger partial charge in [-0.2, -0.15) is 0 Å². The Balaban J connectivity index is 1.39. The number of fused-ring (bicyclic) bond motifs is 2. The van der Waals surface area contributed by atoms with E-state index in [1.165, 1.54) is 24.5 Å². The van der Waals surface area contributed by atoms with Crippen LogP contribution in [-0.4, -0.2) is 18.9 Å². The van der Waals surface area contributed by atoms with Crippen molar-refractivity contribution < 1.29 is 28.2 Å². The molecule has 0 unspecified atom stereocenters. The molecule has 0 atom stereocenters. The number of hydrogen-bond acceptors (Lipinski definition) is 7. The molecule has 0 amide bonds. The van der Waals surface area contributed by atoms with Gasteiger partial charge in [-0.3, -0.25) is 4.79 Å². The van der Waals surface area contributed by atoms with Gasteiger partial charge in [-0.25, -0.2) is 4.79 Å². The summed E-state index contributed by atoms with van der Waals surface area (Å²) in [6.07, 6.45) is 1.73. The highest BCUT2D eigenvalue weighted by Gasteiger charge is 2.28. The zero-order valence-electron chi connectivity index (χ0n) is 16.6. The molecule has 0 radical (unpaired) electrons. The average Bonchev–Trinajstić information content (AvgIpc) is 3.46. The molecular weight excluding hydrogens is 416 g/mol. The molecule has 7 heteroatoms. The molecule has 0 spiro atoms. The molecule has 0 N–H and O–H groups in total. The number of ketones is 1. The van der Waals surface area contributed by atoms with Crippen molar-refractivity contribution in [3.63, 3.8) is 0 Å². The molecule has 1 aliphatic heterocycles. The zero-order chi connectivity index (χ0) is 21.5. The van der Waals surface area contributed by atoms with E-state index >= 15 is 0 Å². The molecule has 31 heavy (non-hydrogen) atoms. The van der Waals surface area contributed by atoms with Crippen molar-refractivity contribution in [2.45, 2.75) is 6.92 Å². The minimum atomic E-state index is -0.660. The van der Waals surface area contributed by atoms with Crippen LogP contribution in [0.4, 0.5) is 0 Å². The Kier molecular flexibility index (Phi) is 4.60. The third-order valence-corrected chi connectivity index (χ3v) is 5.91.